The standard InChI is InChI=1S/C15H24N2O/c1-2-15(18)17-12-7-5-3-4-6-9-14-10-8-11-16-13-14/h8,10-11,13H,2-7,9,12H2,1H3,(H,17,18). The summed E-state index contributed by atoms with van der Waals surface area (Å²) in [5.74, 6) is 0.159. The van der Waals surface area contributed by atoms with Crippen LogP contribution in [0.3, 0.4) is 0 Å². The smallest absolute Gasteiger partial charge is 0.219 e. The molecule has 0 fully saturated rings. The van der Waals surface area contributed by atoms with Crippen LogP contribution in [0.5, 0.6) is 0 Å². The summed E-state index contributed by atoms with van der Waals surface area (Å²) >= 11 is 0. The van der Waals surface area contributed by atoms with E-state index in [9.17, 15) is 4.79 Å². The molecule has 0 saturated carbocycles. The molecule has 100 valence electrons. The van der Waals surface area contributed by atoms with Gasteiger partial charge in [-0.15, -0.1) is 0 Å². The minimum absolute atomic E-state index is 0.159. The maximum atomic E-state index is 11.0. The van der Waals surface area contributed by atoms with Crippen molar-refractivity contribution in [2.24, 2.45) is 0 Å². The van der Waals surface area contributed by atoms with Crippen molar-refractivity contribution in [3.63, 3.8) is 0 Å². The third kappa shape index (κ3) is 7.05. The summed E-state index contributed by atoms with van der Waals surface area (Å²) in [6, 6.07) is 4.12. The van der Waals surface area contributed by atoms with Crippen molar-refractivity contribution in [2.45, 2.75) is 51.9 Å². The number of aromatic nitrogens is 1. The van der Waals surface area contributed by atoms with Crippen molar-refractivity contribution in [2.75, 3.05) is 6.54 Å². The minimum Gasteiger partial charge on any atom is -0.356 e. The third-order valence-corrected chi connectivity index (χ3v) is 3.01. The number of hydrogen-bond acceptors (Lipinski definition) is 2. The lowest BCUT2D eigenvalue weighted by atomic mass is 10.1. The van der Waals surface area contributed by atoms with Gasteiger partial charge < -0.3 is 5.32 Å². The van der Waals surface area contributed by atoms with Gasteiger partial charge in [-0.25, -0.2) is 0 Å². The summed E-state index contributed by atoms with van der Waals surface area (Å²) in [7, 11) is 0. The molecule has 0 saturated heterocycles. The van der Waals surface area contributed by atoms with Gasteiger partial charge in [0, 0.05) is 25.4 Å². The molecule has 0 spiro atoms. The summed E-state index contributed by atoms with van der Waals surface area (Å²) in [5.41, 5.74) is 1.33. The predicted octanol–water partition coefficient (Wildman–Crippen LogP) is 3.10. The minimum atomic E-state index is 0.159. The van der Waals surface area contributed by atoms with Gasteiger partial charge in [-0.1, -0.05) is 32.3 Å². The number of carbonyl (C=O) groups excluding carboxylic acids is 1. The van der Waals surface area contributed by atoms with Crippen LogP contribution in [-0.4, -0.2) is 17.4 Å². The number of pyridine rings is 1. The van der Waals surface area contributed by atoms with E-state index in [1.807, 2.05) is 25.4 Å². The average Bonchev–Trinajstić information content (AvgIpc) is 2.42. The van der Waals surface area contributed by atoms with Crippen LogP contribution in [0.2, 0.25) is 0 Å². The second kappa shape index (κ2) is 9.63. The Bertz CT molecular complexity index is 325. The van der Waals surface area contributed by atoms with Gasteiger partial charge in [0.1, 0.15) is 0 Å². The predicted molar refractivity (Wildman–Crippen MR) is 74.3 cm³/mol. The first-order chi connectivity index (χ1) is 8.83. The number of hydrogen-bond donors (Lipinski definition) is 1. The summed E-state index contributed by atoms with van der Waals surface area (Å²) in [4.78, 5) is 15.1. The van der Waals surface area contributed by atoms with Crippen LogP contribution in [0.15, 0.2) is 24.5 Å². The maximum Gasteiger partial charge on any atom is 0.219 e. The fraction of sp³-hybridized carbons (Fsp3) is 0.600. The quantitative estimate of drug-likeness (QED) is 0.682. The van der Waals surface area contributed by atoms with Crippen molar-refractivity contribution in [3.8, 4) is 0 Å². The molecule has 3 nitrogen and oxygen atoms in total. The van der Waals surface area contributed by atoms with Crippen molar-refractivity contribution in [1.29, 1.82) is 0 Å². The molecular formula is C15H24N2O. The zero-order valence-corrected chi connectivity index (χ0v) is 11.3. The van der Waals surface area contributed by atoms with Crippen LogP contribution in [0.4, 0.5) is 0 Å². The molecule has 0 radical (unpaired) electrons. The fourth-order valence-corrected chi connectivity index (χ4v) is 1.88. The van der Waals surface area contributed by atoms with Crippen LogP contribution in [0, 0.1) is 0 Å². The Kier molecular flexibility index (Phi) is 7.85. The van der Waals surface area contributed by atoms with Gasteiger partial charge in [0.25, 0.3) is 0 Å². The van der Waals surface area contributed by atoms with E-state index in [0.29, 0.717) is 6.42 Å². The number of carbonyl (C=O) groups is 1. The van der Waals surface area contributed by atoms with E-state index in [2.05, 4.69) is 16.4 Å². The third-order valence-electron chi connectivity index (χ3n) is 3.01. The first-order valence-corrected chi connectivity index (χ1v) is 6.98. The van der Waals surface area contributed by atoms with Crippen LogP contribution >= 0.6 is 0 Å². The van der Waals surface area contributed by atoms with Crippen LogP contribution in [0.25, 0.3) is 0 Å². The van der Waals surface area contributed by atoms with Gasteiger partial charge in [0.05, 0.1) is 0 Å². The second-order valence-electron chi connectivity index (χ2n) is 4.58. The summed E-state index contributed by atoms with van der Waals surface area (Å²) in [6.45, 7) is 2.71. The van der Waals surface area contributed by atoms with E-state index < -0.39 is 0 Å². The zero-order valence-electron chi connectivity index (χ0n) is 11.3. The van der Waals surface area contributed by atoms with E-state index in [-0.39, 0.29) is 5.91 Å². The first-order valence-electron chi connectivity index (χ1n) is 6.98. The highest BCUT2D eigenvalue weighted by Gasteiger charge is 1.96. The Labute approximate surface area is 110 Å². The first kappa shape index (κ1) is 14.7. The van der Waals surface area contributed by atoms with Gasteiger partial charge in [0.2, 0.25) is 5.91 Å². The lowest BCUT2D eigenvalue weighted by Crippen LogP contribution is -2.23. The number of aryl methyl sites for hydroxylation is 1. The Morgan fingerprint density at radius 3 is 2.72 bits per heavy atom. The van der Waals surface area contributed by atoms with Crippen LogP contribution < -0.4 is 5.32 Å². The monoisotopic (exact) mass is 248 g/mol. The van der Waals surface area contributed by atoms with Crippen LogP contribution in [0.1, 0.15) is 51.0 Å². The molecule has 0 bridgehead atoms. The molecule has 18 heavy (non-hydrogen) atoms. The van der Waals surface area contributed by atoms with Gasteiger partial charge >= 0.3 is 0 Å². The molecule has 0 aliphatic rings. The second-order valence-corrected chi connectivity index (χ2v) is 4.58. The van der Waals surface area contributed by atoms with Crippen LogP contribution in [-0.2, 0) is 11.2 Å². The largest absolute Gasteiger partial charge is 0.356 e. The molecular weight excluding hydrogens is 224 g/mol. The molecule has 1 heterocycles. The highest BCUT2D eigenvalue weighted by Crippen LogP contribution is 2.07. The number of unbranched alkanes of at least 4 members (excludes halogenated alkanes) is 4. The number of rotatable bonds is 9. The Hall–Kier alpha value is -1.38. The molecule has 1 rings (SSSR count). The molecule has 1 N–H and O–H groups in total. The fourth-order valence-electron chi connectivity index (χ4n) is 1.88. The lowest BCUT2D eigenvalue weighted by Gasteiger charge is -2.04. The summed E-state index contributed by atoms with van der Waals surface area (Å²) < 4.78 is 0. The van der Waals surface area contributed by atoms with Gasteiger partial charge in [-0.3, -0.25) is 9.78 Å². The lowest BCUT2D eigenvalue weighted by molar-refractivity contribution is -0.120. The Morgan fingerprint density at radius 1 is 1.22 bits per heavy atom. The van der Waals surface area contributed by atoms with Crippen molar-refractivity contribution in [1.82, 2.24) is 10.3 Å². The van der Waals surface area contributed by atoms with Gasteiger partial charge in [-0.2, -0.15) is 0 Å². The van der Waals surface area contributed by atoms with Crippen molar-refractivity contribution < 1.29 is 4.79 Å². The molecule has 0 aliphatic heterocycles. The molecule has 0 aliphatic carbocycles. The highest BCUT2D eigenvalue weighted by atomic mass is 16.1. The molecule has 3 heteroatoms. The van der Waals surface area contributed by atoms with E-state index in [1.54, 1.807) is 0 Å². The maximum absolute atomic E-state index is 11.0. The van der Waals surface area contributed by atoms with E-state index >= 15 is 0 Å². The molecule has 0 atom stereocenters. The normalized spacial score (nSPS) is 10.3. The molecule has 0 unspecified atom stereocenters. The van der Waals surface area contributed by atoms with Crippen molar-refractivity contribution >= 4 is 5.91 Å². The zero-order chi connectivity index (χ0) is 13.1. The molecule has 1 amide bonds. The number of nitrogens with zero attached hydrogens (tertiary/aromatic N) is 1. The summed E-state index contributed by atoms with van der Waals surface area (Å²) in [6.07, 6.45) is 11.5. The summed E-state index contributed by atoms with van der Waals surface area (Å²) in [5, 5.41) is 2.90. The van der Waals surface area contributed by atoms with E-state index in [0.717, 1.165) is 19.4 Å². The topological polar surface area (TPSA) is 42.0 Å². The Morgan fingerprint density at radius 2 is 2.00 bits per heavy atom. The van der Waals surface area contributed by atoms with E-state index in [1.165, 1.54) is 31.2 Å². The average molecular weight is 248 g/mol. The Balaban J connectivity index is 1.89. The van der Waals surface area contributed by atoms with Gasteiger partial charge in [0.15, 0.2) is 0 Å². The molecule has 1 aromatic rings. The van der Waals surface area contributed by atoms with E-state index in [4.69, 9.17) is 0 Å². The van der Waals surface area contributed by atoms with Gasteiger partial charge in [-0.05, 0) is 30.9 Å². The SMILES string of the molecule is CCC(=O)NCCCCCCCc1cccnc1. The highest BCUT2D eigenvalue weighted by molar-refractivity contribution is 5.75. The number of nitrogens with one attached hydrogen (secondary N) is 1. The van der Waals surface area contributed by atoms with Crippen molar-refractivity contribution in [3.05, 3.63) is 30.1 Å². The molecule has 0 aromatic carbocycles. The number of amides is 1. The molecule has 1 aromatic heterocycles.